The second-order valence-electron chi connectivity index (χ2n) is 4.66. The minimum atomic E-state index is -0.0988. The molecule has 0 spiro atoms. The van der Waals surface area contributed by atoms with E-state index in [0.717, 1.165) is 12.8 Å². The van der Waals surface area contributed by atoms with Crippen molar-refractivity contribution in [1.29, 1.82) is 0 Å². The summed E-state index contributed by atoms with van der Waals surface area (Å²) >= 11 is 0. The minimum absolute atomic E-state index is 0.0988. The van der Waals surface area contributed by atoms with E-state index in [1.54, 1.807) is 0 Å². The van der Waals surface area contributed by atoms with E-state index >= 15 is 0 Å². The van der Waals surface area contributed by atoms with Gasteiger partial charge in [-0.1, -0.05) is 13.8 Å². The molecular formula is C11H20O2. The summed E-state index contributed by atoms with van der Waals surface area (Å²) in [6.45, 7) is 8.59. The first-order chi connectivity index (χ1) is 5.98. The van der Waals surface area contributed by atoms with Crippen LogP contribution >= 0.6 is 0 Å². The van der Waals surface area contributed by atoms with Gasteiger partial charge >= 0.3 is 0 Å². The van der Waals surface area contributed by atoms with Crippen molar-refractivity contribution in [2.45, 2.75) is 46.6 Å². The normalized spacial score (nSPS) is 19.5. The molecule has 0 saturated heterocycles. The molecule has 2 nitrogen and oxygen atoms in total. The van der Waals surface area contributed by atoms with Crippen LogP contribution in [0.2, 0.25) is 0 Å². The second-order valence-corrected chi connectivity index (χ2v) is 4.66. The first-order valence-corrected chi connectivity index (χ1v) is 5.14. The molecule has 0 aromatic heterocycles. The fourth-order valence-corrected chi connectivity index (χ4v) is 1.55. The summed E-state index contributed by atoms with van der Waals surface area (Å²) in [5, 5.41) is 0. The summed E-state index contributed by atoms with van der Waals surface area (Å²) in [6, 6.07) is 0. The van der Waals surface area contributed by atoms with Gasteiger partial charge in [0.2, 0.25) is 0 Å². The highest BCUT2D eigenvalue weighted by atomic mass is 16.5. The van der Waals surface area contributed by atoms with E-state index in [2.05, 4.69) is 0 Å². The van der Waals surface area contributed by atoms with E-state index in [0.29, 0.717) is 12.4 Å². The fraction of sp³-hybridized carbons (Fsp3) is 0.909. The first-order valence-electron chi connectivity index (χ1n) is 5.14. The Morgan fingerprint density at radius 1 is 1.31 bits per heavy atom. The maximum absolute atomic E-state index is 11.8. The molecule has 1 aliphatic rings. The maximum atomic E-state index is 11.8. The maximum Gasteiger partial charge on any atom is 0.143 e. The summed E-state index contributed by atoms with van der Waals surface area (Å²) in [6.07, 6.45) is 2.28. The lowest BCUT2D eigenvalue weighted by molar-refractivity contribution is -0.130. The number of hydrogen-bond donors (Lipinski definition) is 0. The molecule has 0 atom stereocenters. The minimum Gasteiger partial charge on any atom is -0.378 e. The Kier molecular flexibility index (Phi) is 3.12. The predicted octanol–water partition coefficient (Wildman–Crippen LogP) is 2.42. The van der Waals surface area contributed by atoms with Gasteiger partial charge < -0.3 is 4.74 Å². The van der Waals surface area contributed by atoms with Crippen molar-refractivity contribution in [3.63, 3.8) is 0 Å². The van der Waals surface area contributed by atoms with E-state index in [4.69, 9.17) is 4.74 Å². The van der Waals surface area contributed by atoms with Crippen LogP contribution in [0.3, 0.4) is 0 Å². The number of ether oxygens (including phenoxy) is 1. The zero-order valence-electron chi connectivity index (χ0n) is 9.09. The van der Waals surface area contributed by atoms with Crippen molar-refractivity contribution >= 4 is 5.78 Å². The van der Waals surface area contributed by atoms with Crippen molar-refractivity contribution in [3.05, 3.63) is 0 Å². The molecule has 13 heavy (non-hydrogen) atoms. The van der Waals surface area contributed by atoms with Gasteiger partial charge in [0.1, 0.15) is 5.78 Å². The first kappa shape index (κ1) is 10.7. The summed E-state index contributed by atoms with van der Waals surface area (Å²) in [4.78, 5) is 11.8. The third-order valence-corrected chi connectivity index (χ3v) is 2.59. The molecule has 1 saturated carbocycles. The molecule has 0 bridgehead atoms. The van der Waals surface area contributed by atoms with Crippen molar-refractivity contribution in [2.75, 3.05) is 6.61 Å². The number of carbonyl (C=O) groups is 1. The number of Topliss-reactive ketones (excluding diaryl/α,β-unsaturated/α-hetero) is 1. The van der Waals surface area contributed by atoms with Gasteiger partial charge in [-0.2, -0.15) is 0 Å². The highest BCUT2D eigenvalue weighted by Crippen LogP contribution is 2.48. The molecule has 1 aliphatic carbocycles. The highest BCUT2D eigenvalue weighted by Gasteiger charge is 2.50. The van der Waals surface area contributed by atoms with Crippen LogP contribution in [0.5, 0.6) is 0 Å². The number of ketones is 1. The van der Waals surface area contributed by atoms with Crippen LogP contribution in [0.4, 0.5) is 0 Å². The van der Waals surface area contributed by atoms with Crippen LogP contribution in [0.1, 0.15) is 40.5 Å². The molecule has 0 aromatic rings. The molecule has 76 valence electrons. The molecule has 2 heteroatoms. The number of rotatable bonds is 5. The second kappa shape index (κ2) is 3.79. The van der Waals surface area contributed by atoms with Crippen LogP contribution in [0.25, 0.3) is 0 Å². The van der Waals surface area contributed by atoms with Crippen molar-refractivity contribution < 1.29 is 9.53 Å². The molecule has 1 fully saturated rings. The SMILES string of the molecule is CC(C)OCC1(C(=O)C(C)C)CC1. The van der Waals surface area contributed by atoms with E-state index in [1.165, 1.54) is 0 Å². The van der Waals surface area contributed by atoms with Gasteiger partial charge in [0.25, 0.3) is 0 Å². The highest BCUT2D eigenvalue weighted by molar-refractivity contribution is 5.89. The van der Waals surface area contributed by atoms with Crippen LogP contribution in [0.15, 0.2) is 0 Å². The van der Waals surface area contributed by atoms with Gasteiger partial charge in [-0.15, -0.1) is 0 Å². The molecular weight excluding hydrogens is 164 g/mol. The predicted molar refractivity (Wildman–Crippen MR) is 52.6 cm³/mol. The average molecular weight is 184 g/mol. The Balaban J connectivity index is 2.43. The molecule has 0 N–H and O–H groups in total. The lowest BCUT2D eigenvalue weighted by Gasteiger charge is -2.18. The largest absolute Gasteiger partial charge is 0.378 e. The smallest absolute Gasteiger partial charge is 0.143 e. The number of hydrogen-bond acceptors (Lipinski definition) is 2. The summed E-state index contributed by atoms with van der Waals surface area (Å²) in [5.41, 5.74) is -0.0988. The zero-order valence-corrected chi connectivity index (χ0v) is 9.09. The summed E-state index contributed by atoms with van der Waals surface area (Å²) in [7, 11) is 0. The van der Waals surface area contributed by atoms with Crippen LogP contribution < -0.4 is 0 Å². The third kappa shape index (κ3) is 2.53. The van der Waals surface area contributed by atoms with E-state index < -0.39 is 0 Å². The zero-order chi connectivity index (χ0) is 10.1. The van der Waals surface area contributed by atoms with Gasteiger partial charge in [0.05, 0.1) is 18.1 Å². The Hall–Kier alpha value is -0.370. The third-order valence-electron chi connectivity index (χ3n) is 2.59. The quantitative estimate of drug-likeness (QED) is 0.656. The van der Waals surface area contributed by atoms with E-state index in [1.807, 2.05) is 27.7 Å². The molecule has 0 aromatic carbocycles. The molecule has 0 aliphatic heterocycles. The lowest BCUT2D eigenvalue weighted by Crippen LogP contribution is -2.27. The monoisotopic (exact) mass is 184 g/mol. The van der Waals surface area contributed by atoms with Gasteiger partial charge in [-0.25, -0.2) is 0 Å². The Morgan fingerprint density at radius 2 is 1.85 bits per heavy atom. The Morgan fingerprint density at radius 3 is 2.15 bits per heavy atom. The van der Waals surface area contributed by atoms with Gasteiger partial charge in [-0.3, -0.25) is 4.79 Å². The van der Waals surface area contributed by atoms with E-state index in [9.17, 15) is 4.79 Å². The molecule has 0 heterocycles. The van der Waals surface area contributed by atoms with Crippen LogP contribution in [-0.2, 0) is 9.53 Å². The molecule has 0 unspecified atom stereocenters. The Bertz CT molecular complexity index is 190. The van der Waals surface area contributed by atoms with Gasteiger partial charge in [0, 0.05) is 5.92 Å². The topological polar surface area (TPSA) is 26.3 Å². The van der Waals surface area contributed by atoms with Crippen molar-refractivity contribution in [1.82, 2.24) is 0 Å². The standard InChI is InChI=1S/C11H20O2/c1-8(2)10(12)11(5-6-11)7-13-9(3)4/h8-9H,5-7H2,1-4H3. The Labute approximate surface area is 80.7 Å². The molecule has 0 amide bonds. The summed E-state index contributed by atoms with van der Waals surface area (Å²) in [5.74, 6) is 0.534. The van der Waals surface area contributed by atoms with Gasteiger partial charge in [0.15, 0.2) is 0 Å². The molecule has 1 rings (SSSR count). The van der Waals surface area contributed by atoms with Crippen molar-refractivity contribution in [2.24, 2.45) is 11.3 Å². The van der Waals surface area contributed by atoms with Crippen molar-refractivity contribution in [3.8, 4) is 0 Å². The lowest BCUT2D eigenvalue weighted by atomic mass is 9.93. The fourth-order valence-electron chi connectivity index (χ4n) is 1.55. The molecule has 0 radical (unpaired) electrons. The number of carbonyl (C=O) groups excluding carboxylic acids is 1. The van der Waals surface area contributed by atoms with Gasteiger partial charge in [-0.05, 0) is 26.7 Å². The summed E-state index contributed by atoms with van der Waals surface area (Å²) < 4.78 is 5.52. The average Bonchev–Trinajstić information content (AvgIpc) is 2.80. The van der Waals surface area contributed by atoms with E-state index in [-0.39, 0.29) is 17.4 Å². The van der Waals surface area contributed by atoms with Crippen LogP contribution in [-0.4, -0.2) is 18.5 Å². The van der Waals surface area contributed by atoms with Crippen LogP contribution in [0, 0.1) is 11.3 Å².